The Hall–Kier alpha value is -0.400. The maximum atomic E-state index is 11.1. The van der Waals surface area contributed by atoms with Gasteiger partial charge in [-0.3, -0.25) is 0 Å². The molecule has 0 aromatic carbocycles. The predicted molar refractivity (Wildman–Crippen MR) is 86.3 cm³/mol. The molecule has 3 aliphatic heterocycles. The Morgan fingerprint density at radius 1 is 1.07 bits per heavy atom. The van der Waals surface area contributed by atoms with Crippen LogP contribution in [0.3, 0.4) is 0 Å². The van der Waals surface area contributed by atoms with Crippen LogP contribution in [0.2, 0.25) is 0 Å². The van der Waals surface area contributed by atoms with Crippen molar-refractivity contribution in [1.82, 2.24) is 0 Å². The zero-order valence-corrected chi connectivity index (χ0v) is 15.0. The highest BCUT2D eigenvalue weighted by molar-refractivity contribution is 5.15. The summed E-state index contributed by atoms with van der Waals surface area (Å²) in [5, 5.41) is 61.2. The first-order valence-electron chi connectivity index (χ1n) is 9.32. The SMILES string of the molecule is CO[C@H]1[C@@H]2C[C@@H]3C[C@@H](O[C@@H]4O[C@H](CO)[C@@H](O)[C@H](O)[C@H]4O)[C@@H]2[C@@](O)(CO3)[C@@H]1O. The van der Waals surface area contributed by atoms with E-state index >= 15 is 0 Å². The molecule has 5 fully saturated rings. The number of hydrogen-bond donors (Lipinski definition) is 6. The molecule has 5 rings (SSSR count). The van der Waals surface area contributed by atoms with Gasteiger partial charge in [-0.25, -0.2) is 0 Å². The lowest BCUT2D eigenvalue weighted by molar-refractivity contribution is -0.321. The van der Waals surface area contributed by atoms with Crippen LogP contribution in [0.1, 0.15) is 12.8 Å². The molecule has 3 heterocycles. The molecular formula is C17H28O10. The Morgan fingerprint density at radius 2 is 1.81 bits per heavy atom. The van der Waals surface area contributed by atoms with Gasteiger partial charge in [-0.15, -0.1) is 0 Å². The monoisotopic (exact) mass is 392 g/mol. The van der Waals surface area contributed by atoms with Gasteiger partial charge in [0.05, 0.1) is 31.5 Å². The van der Waals surface area contributed by atoms with E-state index in [9.17, 15) is 30.6 Å². The molecule has 3 saturated heterocycles. The van der Waals surface area contributed by atoms with Crippen molar-refractivity contribution >= 4 is 0 Å². The Bertz CT molecular complexity index is 546. The van der Waals surface area contributed by atoms with Crippen LogP contribution in [-0.4, -0.2) is 112 Å². The van der Waals surface area contributed by atoms with Gasteiger partial charge in [0.1, 0.15) is 36.1 Å². The zero-order valence-electron chi connectivity index (χ0n) is 15.0. The molecule has 0 radical (unpaired) electrons. The predicted octanol–water partition coefficient (Wildman–Crippen LogP) is -3.28. The number of fused-ring (bicyclic) bond motifs is 2. The highest BCUT2D eigenvalue weighted by Crippen LogP contribution is 2.54. The molecule has 12 atom stereocenters. The third kappa shape index (κ3) is 2.94. The van der Waals surface area contributed by atoms with Crippen LogP contribution in [0, 0.1) is 11.8 Å². The molecule has 2 saturated carbocycles. The summed E-state index contributed by atoms with van der Waals surface area (Å²) in [6.07, 6.45) is -8.44. The number of methoxy groups -OCH3 is 1. The smallest absolute Gasteiger partial charge is 0.186 e. The minimum absolute atomic E-state index is 0.0472. The summed E-state index contributed by atoms with van der Waals surface area (Å²) in [4.78, 5) is 0. The van der Waals surface area contributed by atoms with Gasteiger partial charge in [-0.1, -0.05) is 0 Å². The molecule has 2 aliphatic carbocycles. The summed E-state index contributed by atoms with van der Waals surface area (Å²) in [6, 6.07) is 0. The van der Waals surface area contributed by atoms with Gasteiger partial charge in [-0.2, -0.15) is 0 Å². The average Bonchev–Trinajstić information content (AvgIpc) is 2.76. The lowest BCUT2D eigenvalue weighted by atomic mass is 9.74. The Balaban J connectivity index is 1.58. The van der Waals surface area contributed by atoms with Crippen LogP contribution in [0.5, 0.6) is 0 Å². The maximum Gasteiger partial charge on any atom is 0.186 e. The number of rotatable bonds is 4. The van der Waals surface area contributed by atoms with E-state index in [1.807, 2.05) is 0 Å². The van der Waals surface area contributed by atoms with E-state index in [-0.39, 0.29) is 18.6 Å². The third-order valence-corrected chi connectivity index (χ3v) is 6.69. The first kappa shape index (κ1) is 19.9. The fourth-order valence-electron chi connectivity index (χ4n) is 5.34. The van der Waals surface area contributed by atoms with Crippen LogP contribution in [0.15, 0.2) is 0 Å². The second-order valence-corrected chi connectivity index (χ2v) is 8.10. The van der Waals surface area contributed by atoms with Crippen LogP contribution < -0.4 is 0 Å². The van der Waals surface area contributed by atoms with Gasteiger partial charge >= 0.3 is 0 Å². The Morgan fingerprint density at radius 3 is 2.48 bits per heavy atom. The normalized spacial score (nSPS) is 57.7. The van der Waals surface area contributed by atoms with E-state index in [2.05, 4.69) is 0 Å². The molecule has 6 N–H and O–H groups in total. The van der Waals surface area contributed by atoms with Crippen molar-refractivity contribution < 1.29 is 49.6 Å². The summed E-state index contributed by atoms with van der Waals surface area (Å²) in [7, 11) is 1.48. The second kappa shape index (κ2) is 7.13. The van der Waals surface area contributed by atoms with Crippen molar-refractivity contribution in [3.63, 3.8) is 0 Å². The molecule has 0 aromatic rings. The molecule has 4 bridgehead atoms. The van der Waals surface area contributed by atoms with E-state index in [0.717, 1.165) is 0 Å². The highest BCUT2D eigenvalue weighted by atomic mass is 16.7. The van der Waals surface area contributed by atoms with E-state index < -0.39 is 67.1 Å². The number of hydrogen-bond acceptors (Lipinski definition) is 10. The average molecular weight is 392 g/mol. The molecule has 0 aromatic heterocycles. The quantitative estimate of drug-likeness (QED) is 0.286. The molecule has 0 spiro atoms. The van der Waals surface area contributed by atoms with E-state index in [0.29, 0.717) is 12.8 Å². The first-order chi connectivity index (χ1) is 12.8. The minimum atomic E-state index is -1.56. The lowest BCUT2D eigenvalue weighted by Crippen LogP contribution is -2.61. The fraction of sp³-hybridized carbons (Fsp3) is 1.00. The molecule has 27 heavy (non-hydrogen) atoms. The summed E-state index contributed by atoms with van der Waals surface area (Å²) in [5.74, 6) is -0.713. The number of ether oxygens (including phenoxy) is 4. The van der Waals surface area contributed by atoms with Gasteiger partial charge in [0.2, 0.25) is 0 Å². The Labute approximate surface area is 156 Å². The summed E-state index contributed by atoms with van der Waals surface area (Å²) in [5.41, 5.74) is -1.56. The largest absolute Gasteiger partial charge is 0.394 e. The van der Waals surface area contributed by atoms with Crippen LogP contribution >= 0.6 is 0 Å². The van der Waals surface area contributed by atoms with Crippen molar-refractivity contribution in [3.05, 3.63) is 0 Å². The van der Waals surface area contributed by atoms with Gasteiger partial charge < -0.3 is 49.6 Å². The fourth-order valence-corrected chi connectivity index (χ4v) is 5.34. The van der Waals surface area contributed by atoms with Crippen molar-refractivity contribution in [1.29, 1.82) is 0 Å². The van der Waals surface area contributed by atoms with Gasteiger partial charge in [0.15, 0.2) is 6.29 Å². The number of aliphatic hydroxyl groups is 6. The first-order valence-corrected chi connectivity index (χ1v) is 9.32. The van der Waals surface area contributed by atoms with Crippen LogP contribution in [0.4, 0.5) is 0 Å². The maximum absolute atomic E-state index is 11.1. The lowest BCUT2D eigenvalue weighted by Gasteiger charge is -2.44. The standard InChI is InChI=1S/C17H28O10/c1-24-14-7-2-6-3-8(10(7)17(23,5-25-6)15(14)22)26-16-13(21)12(20)11(19)9(4-18)27-16/h6-16,18-23H,2-5H2,1H3/t6-,7-,8-,9-,10-,11-,12+,13-,14+,15-,16-,17+/m1/s1. The summed E-state index contributed by atoms with van der Waals surface area (Å²) < 4.78 is 22.5. The van der Waals surface area contributed by atoms with Crippen molar-refractivity contribution in [2.24, 2.45) is 11.8 Å². The molecule has 156 valence electrons. The van der Waals surface area contributed by atoms with E-state index in [1.54, 1.807) is 0 Å². The zero-order chi connectivity index (χ0) is 19.5. The minimum Gasteiger partial charge on any atom is -0.394 e. The van der Waals surface area contributed by atoms with Crippen LogP contribution in [-0.2, 0) is 18.9 Å². The van der Waals surface area contributed by atoms with Crippen LogP contribution in [0.25, 0.3) is 0 Å². The van der Waals surface area contributed by atoms with Crippen molar-refractivity contribution in [2.75, 3.05) is 20.3 Å². The summed E-state index contributed by atoms with van der Waals surface area (Å²) in [6.45, 7) is -0.601. The second-order valence-electron chi connectivity index (χ2n) is 8.10. The Kier molecular flexibility index (Phi) is 5.26. The van der Waals surface area contributed by atoms with E-state index in [1.165, 1.54) is 7.11 Å². The number of aliphatic hydroxyl groups excluding tert-OH is 5. The van der Waals surface area contributed by atoms with Crippen molar-refractivity contribution in [2.45, 2.75) is 73.6 Å². The van der Waals surface area contributed by atoms with Gasteiger partial charge in [0, 0.05) is 19.4 Å². The van der Waals surface area contributed by atoms with Crippen molar-refractivity contribution in [3.8, 4) is 0 Å². The third-order valence-electron chi connectivity index (χ3n) is 6.69. The molecule has 10 heteroatoms. The molecule has 0 amide bonds. The molecule has 0 unspecified atom stereocenters. The molecular weight excluding hydrogens is 364 g/mol. The molecule has 10 nitrogen and oxygen atoms in total. The van der Waals surface area contributed by atoms with E-state index in [4.69, 9.17) is 18.9 Å². The summed E-state index contributed by atoms with van der Waals surface area (Å²) >= 11 is 0. The highest BCUT2D eigenvalue weighted by Gasteiger charge is 2.67. The molecule has 5 aliphatic rings. The van der Waals surface area contributed by atoms with Gasteiger partial charge in [0.25, 0.3) is 0 Å². The van der Waals surface area contributed by atoms with Gasteiger partial charge in [-0.05, 0) is 12.3 Å². The topological polar surface area (TPSA) is 158 Å².